The number of hydrogen-bond donors (Lipinski definition) is 1. The first-order valence-corrected chi connectivity index (χ1v) is 10.3. The number of hydrogen-bond acceptors (Lipinski definition) is 3. The summed E-state index contributed by atoms with van der Waals surface area (Å²) in [6.45, 7) is 5.36. The number of piperidine rings is 1. The molecule has 1 N–H and O–H groups in total. The second-order valence-electron chi connectivity index (χ2n) is 8.59. The molecule has 1 aromatic carbocycles. The van der Waals surface area contributed by atoms with Gasteiger partial charge in [0.25, 0.3) is 0 Å². The zero-order valence-corrected chi connectivity index (χ0v) is 16.9. The standard InChI is InChI=1S/C23H25FN4O/c1-14-18(19-10-17(24)4-5-20(19)26-14)11-21(29)28-9-3-7-23(13-28)8-6-16-12-25-15(2)27-22(16)23/h4-5,10,12,26H,3,6-9,11,13H2,1-2H3. The van der Waals surface area contributed by atoms with Crippen molar-refractivity contribution < 1.29 is 9.18 Å². The van der Waals surface area contributed by atoms with Crippen LogP contribution in [0, 0.1) is 19.7 Å². The topological polar surface area (TPSA) is 61.9 Å². The summed E-state index contributed by atoms with van der Waals surface area (Å²) in [6.07, 6.45) is 6.31. The minimum Gasteiger partial charge on any atom is -0.358 e. The van der Waals surface area contributed by atoms with Gasteiger partial charge in [0.2, 0.25) is 5.91 Å². The zero-order chi connectivity index (χ0) is 20.2. The van der Waals surface area contributed by atoms with Crippen molar-refractivity contribution in [2.45, 2.75) is 51.4 Å². The molecule has 0 saturated carbocycles. The molecular formula is C23H25FN4O. The van der Waals surface area contributed by atoms with Crippen LogP contribution in [-0.4, -0.2) is 38.8 Å². The summed E-state index contributed by atoms with van der Waals surface area (Å²) in [7, 11) is 0. The van der Waals surface area contributed by atoms with E-state index in [1.165, 1.54) is 17.7 Å². The lowest BCUT2D eigenvalue weighted by atomic mass is 9.77. The van der Waals surface area contributed by atoms with Gasteiger partial charge in [0.15, 0.2) is 0 Å². The van der Waals surface area contributed by atoms with E-state index in [1.807, 2.05) is 24.9 Å². The van der Waals surface area contributed by atoms with E-state index in [2.05, 4.69) is 9.97 Å². The Labute approximate surface area is 169 Å². The molecule has 1 fully saturated rings. The molecule has 150 valence electrons. The Hall–Kier alpha value is -2.76. The van der Waals surface area contributed by atoms with Crippen LogP contribution in [0.2, 0.25) is 0 Å². The highest BCUT2D eigenvalue weighted by Crippen LogP contribution is 2.44. The second-order valence-corrected chi connectivity index (χ2v) is 8.59. The summed E-state index contributed by atoms with van der Waals surface area (Å²) in [4.78, 5) is 27.6. The first kappa shape index (κ1) is 18.3. The fraction of sp³-hybridized carbons (Fsp3) is 0.435. The van der Waals surface area contributed by atoms with E-state index in [-0.39, 0.29) is 17.1 Å². The van der Waals surface area contributed by atoms with Crippen molar-refractivity contribution in [1.82, 2.24) is 19.9 Å². The van der Waals surface area contributed by atoms with E-state index < -0.39 is 0 Å². The molecule has 1 saturated heterocycles. The van der Waals surface area contributed by atoms with Crippen molar-refractivity contribution in [2.24, 2.45) is 0 Å². The lowest BCUT2D eigenvalue weighted by Gasteiger charge is -2.40. The Morgan fingerprint density at radius 3 is 3.03 bits per heavy atom. The summed E-state index contributed by atoms with van der Waals surface area (Å²) in [5, 5.41) is 0.803. The molecule has 1 aliphatic carbocycles. The van der Waals surface area contributed by atoms with Crippen LogP contribution in [0.15, 0.2) is 24.4 Å². The molecule has 1 atom stereocenters. The van der Waals surface area contributed by atoms with Crippen LogP contribution in [-0.2, 0) is 23.1 Å². The molecule has 0 radical (unpaired) electrons. The van der Waals surface area contributed by atoms with Gasteiger partial charge < -0.3 is 9.88 Å². The number of H-pyrrole nitrogens is 1. The van der Waals surface area contributed by atoms with Crippen LogP contribution in [0.25, 0.3) is 10.9 Å². The van der Waals surface area contributed by atoms with E-state index in [4.69, 9.17) is 4.98 Å². The molecule has 29 heavy (non-hydrogen) atoms. The van der Waals surface area contributed by atoms with Gasteiger partial charge in [0, 0.05) is 41.3 Å². The zero-order valence-electron chi connectivity index (χ0n) is 16.9. The van der Waals surface area contributed by atoms with Crippen LogP contribution in [0.5, 0.6) is 0 Å². The Kier molecular flexibility index (Phi) is 4.19. The van der Waals surface area contributed by atoms with Crippen molar-refractivity contribution in [1.29, 1.82) is 0 Å². The summed E-state index contributed by atoms with van der Waals surface area (Å²) >= 11 is 0. The van der Waals surface area contributed by atoms with Gasteiger partial charge in [-0.1, -0.05) is 0 Å². The molecule has 1 aliphatic heterocycles. The normalized spacial score (nSPS) is 21.1. The lowest BCUT2D eigenvalue weighted by molar-refractivity contribution is -0.132. The Morgan fingerprint density at radius 1 is 1.31 bits per heavy atom. The third-order valence-corrected chi connectivity index (χ3v) is 6.70. The summed E-state index contributed by atoms with van der Waals surface area (Å²) in [6, 6.07) is 4.70. The van der Waals surface area contributed by atoms with Gasteiger partial charge in [-0.25, -0.2) is 14.4 Å². The Bertz CT molecular complexity index is 1120. The SMILES string of the molecule is Cc1ncc2c(n1)C1(CCCN(C(=O)Cc3c(C)[nH]c4ccc(F)cc34)C1)CC2. The summed E-state index contributed by atoms with van der Waals surface area (Å²) < 4.78 is 13.8. The molecule has 2 aliphatic rings. The number of amides is 1. The first-order valence-electron chi connectivity index (χ1n) is 10.3. The van der Waals surface area contributed by atoms with Crippen LogP contribution in [0.4, 0.5) is 4.39 Å². The molecular weight excluding hydrogens is 367 g/mol. The van der Waals surface area contributed by atoms with E-state index in [0.29, 0.717) is 13.0 Å². The monoisotopic (exact) mass is 392 g/mol. The highest BCUT2D eigenvalue weighted by molar-refractivity contribution is 5.90. The van der Waals surface area contributed by atoms with E-state index in [0.717, 1.165) is 65.9 Å². The van der Waals surface area contributed by atoms with Gasteiger partial charge in [-0.15, -0.1) is 0 Å². The smallest absolute Gasteiger partial charge is 0.227 e. The number of nitrogens with zero attached hydrogens (tertiary/aromatic N) is 3. The van der Waals surface area contributed by atoms with Gasteiger partial charge in [0.05, 0.1) is 12.1 Å². The summed E-state index contributed by atoms with van der Waals surface area (Å²) in [5.41, 5.74) is 5.03. The number of rotatable bonds is 2. The number of carbonyl (C=O) groups excluding carboxylic acids is 1. The predicted molar refractivity (Wildman–Crippen MR) is 109 cm³/mol. The third kappa shape index (κ3) is 3.02. The van der Waals surface area contributed by atoms with Crippen molar-refractivity contribution in [3.8, 4) is 0 Å². The highest BCUT2D eigenvalue weighted by Gasteiger charge is 2.44. The van der Waals surface area contributed by atoms with Gasteiger partial charge >= 0.3 is 0 Å². The van der Waals surface area contributed by atoms with Crippen molar-refractivity contribution in [3.05, 3.63) is 58.6 Å². The quantitative estimate of drug-likeness (QED) is 0.722. The van der Waals surface area contributed by atoms with Crippen LogP contribution < -0.4 is 0 Å². The first-order chi connectivity index (χ1) is 13.9. The maximum absolute atomic E-state index is 13.8. The molecule has 0 bridgehead atoms. The number of aryl methyl sites for hydroxylation is 3. The average Bonchev–Trinajstić information content (AvgIpc) is 3.19. The molecule has 6 heteroatoms. The van der Waals surface area contributed by atoms with Crippen molar-refractivity contribution in [2.75, 3.05) is 13.1 Å². The maximum Gasteiger partial charge on any atom is 0.227 e. The van der Waals surface area contributed by atoms with Gasteiger partial charge in [0.1, 0.15) is 11.6 Å². The van der Waals surface area contributed by atoms with E-state index in [9.17, 15) is 9.18 Å². The molecule has 5 nitrogen and oxygen atoms in total. The van der Waals surface area contributed by atoms with Crippen molar-refractivity contribution >= 4 is 16.8 Å². The number of carbonyl (C=O) groups is 1. The minimum absolute atomic E-state index is 0.0433. The van der Waals surface area contributed by atoms with Gasteiger partial charge in [-0.05, 0) is 68.9 Å². The maximum atomic E-state index is 13.8. The van der Waals surface area contributed by atoms with Crippen molar-refractivity contribution in [3.63, 3.8) is 0 Å². The number of likely N-dealkylation sites (tertiary alicyclic amines) is 1. The molecule has 2 aromatic heterocycles. The van der Waals surface area contributed by atoms with E-state index >= 15 is 0 Å². The Balaban J connectivity index is 1.42. The van der Waals surface area contributed by atoms with Crippen LogP contribution in [0.3, 0.4) is 0 Å². The fourth-order valence-electron chi connectivity index (χ4n) is 5.22. The molecule has 3 heterocycles. The van der Waals surface area contributed by atoms with Gasteiger partial charge in [-0.2, -0.15) is 0 Å². The predicted octanol–water partition coefficient (Wildman–Crippen LogP) is 3.76. The number of aromatic nitrogens is 3. The highest BCUT2D eigenvalue weighted by atomic mass is 19.1. The second kappa shape index (κ2) is 6.65. The molecule has 1 spiro atoms. The third-order valence-electron chi connectivity index (χ3n) is 6.70. The number of nitrogens with one attached hydrogen (secondary N) is 1. The largest absolute Gasteiger partial charge is 0.358 e. The average molecular weight is 392 g/mol. The fourth-order valence-corrected chi connectivity index (χ4v) is 5.22. The van der Waals surface area contributed by atoms with Gasteiger partial charge in [-0.3, -0.25) is 4.79 Å². The Morgan fingerprint density at radius 2 is 2.17 bits per heavy atom. The van der Waals surface area contributed by atoms with E-state index in [1.54, 1.807) is 6.07 Å². The number of aromatic amines is 1. The summed E-state index contributed by atoms with van der Waals surface area (Å²) in [5.74, 6) is 0.626. The number of benzene rings is 1. The molecule has 3 aromatic rings. The minimum atomic E-state index is -0.278. The molecule has 1 unspecified atom stereocenters. The number of halogens is 1. The lowest BCUT2D eigenvalue weighted by Crippen LogP contribution is -2.48. The van der Waals surface area contributed by atoms with Crippen LogP contribution in [0.1, 0.15) is 47.6 Å². The number of fused-ring (bicyclic) bond motifs is 3. The van der Waals surface area contributed by atoms with Crippen LogP contribution >= 0.6 is 0 Å². The molecule has 5 rings (SSSR count). The molecule has 1 amide bonds.